The van der Waals surface area contributed by atoms with Crippen molar-refractivity contribution in [3.05, 3.63) is 295 Å². The molecule has 3 nitrogen and oxygen atoms in total. The van der Waals surface area contributed by atoms with Crippen molar-refractivity contribution in [2.45, 2.75) is 5.41 Å². The first-order chi connectivity index (χ1) is 34.7. The van der Waals surface area contributed by atoms with E-state index in [0.717, 1.165) is 34.1 Å². The zero-order valence-electron chi connectivity index (χ0n) is 38.3. The molecule has 70 heavy (non-hydrogen) atoms. The van der Waals surface area contributed by atoms with Crippen molar-refractivity contribution in [1.29, 1.82) is 0 Å². The molecule has 12 aromatic rings. The zero-order chi connectivity index (χ0) is 46.2. The molecule has 0 unspecified atom stereocenters. The second-order valence-corrected chi connectivity index (χ2v) is 18.4. The van der Waals surface area contributed by atoms with Crippen molar-refractivity contribution in [2.75, 3.05) is 9.80 Å². The minimum Gasteiger partial charge on any atom is -0.310 e. The van der Waals surface area contributed by atoms with Gasteiger partial charge in [-0.1, -0.05) is 188 Å². The van der Waals surface area contributed by atoms with Crippen LogP contribution in [0.1, 0.15) is 22.3 Å². The number of fused-ring (bicyclic) bond motifs is 12. The Balaban J connectivity index is 1.03. The summed E-state index contributed by atoms with van der Waals surface area (Å²) in [7, 11) is 0. The van der Waals surface area contributed by atoms with Gasteiger partial charge in [-0.15, -0.1) is 0 Å². The Kier molecular flexibility index (Phi) is 9.11. The Morgan fingerprint density at radius 1 is 0.271 bits per heavy atom. The number of nitrogens with zero attached hydrogens (tertiary/aromatic N) is 3. The monoisotopic (exact) mass is 891 g/mol. The van der Waals surface area contributed by atoms with Crippen LogP contribution in [0.25, 0.3) is 60.9 Å². The molecule has 11 aromatic carbocycles. The maximum atomic E-state index is 2.53. The second kappa shape index (κ2) is 16.0. The molecule has 2 aliphatic rings. The molecule has 0 radical (unpaired) electrons. The highest BCUT2D eigenvalue weighted by atomic mass is 15.1. The average Bonchev–Trinajstić information content (AvgIpc) is 3.92. The fraction of sp³-hybridized carbons (Fsp3) is 0.0149. The Morgan fingerprint density at radius 3 is 1.21 bits per heavy atom. The molecule has 2 heterocycles. The van der Waals surface area contributed by atoms with Crippen molar-refractivity contribution in [3.63, 3.8) is 0 Å². The predicted molar refractivity (Wildman–Crippen MR) is 292 cm³/mol. The first kappa shape index (κ1) is 39.9. The lowest BCUT2D eigenvalue weighted by Gasteiger charge is -2.40. The zero-order valence-corrected chi connectivity index (χ0v) is 38.3. The van der Waals surface area contributed by atoms with E-state index >= 15 is 0 Å². The molecular weight excluding hydrogens is 847 g/mol. The molecule has 0 amide bonds. The smallest absolute Gasteiger partial charge is 0.0756 e. The summed E-state index contributed by atoms with van der Waals surface area (Å²) in [6.45, 7) is 0. The maximum absolute atomic E-state index is 2.53. The van der Waals surface area contributed by atoms with Crippen LogP contribution in [0.4, 0.5) is 34.1 Å². The molecule has 0 bridgehead atoms. The van der Waals surface area contributed by atoms with Gasteiger partial charge in [0.15, 0.2) is 0 Å². The molecule has 0 saturated carbocycles. The van der Waals surface area contributed by atoms with E-state index in [2.05, 4.69) is 287 Å². The van der Waals surface area contributed by atoms with Crippen LogP contribution in [-0.4, -0.2) is 4.57 Å². The Labute approximate surface area is 408 Å². The largest absolute Gasteiger partial charge is 0.310 e. The fourth-order valence-corrected chi connectivity index (χ4v) is 11.8. The first-order valence-corrected chi connectivity index (χ1v) is 24.2. The van der Waals surface area contributed by atoms with E-state index in [0.29, 0.717) is 0 Å². The molecule has 1 aliphatic heterocycles. The van der Waals surface area contributed by atoms with Crippen LogP contribution in [0.5, 0.6) is 0 Å². The predicted octanol–water partition coefficient (Wildman–Crippen LogP) is 17.7. The van der Waals surface area contributed by atoms with Crippen LogP contribution < -0.4 is 9.80 Å². The molecule has 328 valence electrons. The molecule has 0 atom stereocenters. The van der Waals surface area contributed by atoms with Crippen LogP contribution in [0, 0.1) is 0 Å². The van der Waals surface area contributed by atoms with Gasteiger partial charge in [0.2, 0.25) is 0 Å². The van der Waals surface area contributed by atoms with Gasteiger partial charge < -0.3 is 14.4 Å². The molecule has 14 rings (SSSR count). The minimum absolute atomic E-state index is 0.684. The lowest BCUT2D eigenvalue weighted by atomic mass is 9.65. The van der Waals surface area contributed by atoms with Gasteiger partial charge in [0.25, 0.3) is 0 Å². The summed E-state index contributed by atoms with van der Waals surface area (Å²) < 4.78 is 2.53. The van der Waals surface area contributed by atoms with Gasteiger partial charge in [-0.2, -0.15) is 0 Å². The van der Waals surface area contributed by atoms with E-state index in [1.54, 1.807) is 0 Å². The lowest BCUT2D eigenvalue weighted by molar-refractivity contribution is 0.748. The summed E-state index contributed by atoms with van der Waals surface area (Å²) in [5.74, 6) is 0. The lowest BCUT2D eigenvalue weighted by Crippen LogP contribution is -2.33. The number of rotatable bonds is 8. The fourth-order valence-electron chi connectivity index (χ4n) is 11.8. The number of aromatic nitrogens is 1. The minimum atomic E-state index is -0.684. The summed E-state index contributed by atoms with van der Waals surface area (Å²) >= 11 is 0. The van der Waals surface area contributed by atoms with Crippen LogP contribution in [0.3, 0.4) is 0 Å². The molecule has 1 aromatic heterocycles. The third kappa shape index (κ3) is 6.01. The van der Waals surface area contributed by atoms with Gasteiger partial charge in [0, 0.05) is 44.9 Å². The molecule has 0 N–H and O–H groups in total. The molecule has 0 fully saturated rings. The summed E-state index contributed by atoms with van der Waals surface area (Å²) in [5.41, 5.74) is 22.0. The third-order valence-electron chi connectivity index (χ3n) is 14.8. The van der Waals surface area contributed by atoms with E-state index in [-0.39, 0.29) is 0 Å². The van der Waals surface area contributed by atoms with Crippen molar-refractivity contribution >= 4 is 55.9 Å². The van der Waals surface area contributed by atoms with Gasteiger partial charge in [-0.3, -0.25) is 0 Å². The standard InChI is InChI=1S/C67H45N3/c1-5-18-46(19-6-1)48-32-36-52(37-33-48)68(50-22-9-3-10-23-50)54-40-42-56-57-43-41-55(69(51-24-11-4-12-25-51)53-38-34-49(35-39-53)47-20-7-2-8-21-47)45-63(57)67(62(56)44-54)60-28-14-16-31-65(60)70-64-30-15-13-26-58(64)59-27-17-29-61(67)66(59)70/h1-45H. The topological polar surface area (TPSA) is 11.4 Å². The number of hydrogen-bond donors (Lipinski definition) is 0. The normalized spacial score (nSPS) is 12.7. The van der Waals surface area contributed by atoms with Crippen molar-refractivity contribution < 1.29 is 0 Å². The molecule has 1 aliphatic carbocycles. The first-order valence-electron chi connectivity index (χ1n) is 24.2. The summed E-state index contributed by atoms with van der Waals surface area (Å²) in [4.78, 5) is 4.83. The Morgan fingerprint density at radius 2 is 0.671 bits per heavy atom. The van der Waals surface area contributed by atoms with E-state index in [4.69, 9.17) is 0 Å². The molecule has 1 spiro atoms. The highest BCUT2D eigenvalue weighted by molar-refractivity contribution is 6.13. The molecule has 0 saturated heterocycles. The second-order valence-electron chi connectivity index (χ2n) is 18.4. The quantitative estimate of drug-likeness (QED) is 0.151. The average molecular weight is 892 g/mol. The third-order valence-corrected chi connectivity index (χ3v) is 14.8. The van der Waals surface area contributed by atoms with E-state index < -0.39 is 5.41 Å². The maximum Gasteiger partial charge on any atom is 0.0756 e. The SMILES string of the molecule is c1ccc(-c2ccc(N(c3ccccc3)c3ccc4c(c3)C3(c5cc(N(c6ccccc6)c6ccc(-c7ccccc7)cc6)ccc5-4)c4ccccc4-n4c5ccccc5c5cccc3c54)cc2)cc1. The van der Waals surface area contributed by atoms with Crippen LogP contribution in [0.15, 0.2) is 273 Å². The number of para-hydroxylation sites is 5. The van der Waals surface area contributed by atoms with Crippen molar-refractivity contribution in [1.82, 2.24) is 4.57 Å². The highest BCUT2D eigenvalue weighted by Gasteiger charge is 2.51. The summed E-state index contributed by atoms with van der Waals surface area (Å²) in [6, 6.07) is 100. The van der Waals surface area contributed by atoms with Crippen LogP contribution in [-0.2, 0) is 5.41 Å². The van der Waals surface area contributed by atoms with Crippen molar-refractivity contribution in [2.24, 2.45) is 0 Å². The van der Waals surface area contributed by atoms with Gasteiger partial charge in [0.1, 0.15) is 0 Å². The Bertz CT molecular complexity index is 3740. The van der Waals surface area contributed by atoms with Gasteiger partial charge in [-0.05, 0) is 141 Å². The number of hydrogen-bond acceptors (Lipinski definition) is 2. The van der Waals surface area contributed by atoms with Gasteiger partial charge in [0.05, 0.1) is 22.1 Å². The van der Waals surface area contributed by atoms with E-state index in [1.165, 1.54) is 83.1 Å². The summed E-state index contributed by atoms with van der Waals surface area (Å²) in [6.07, 6.45) is 0. The summed E-state index contributed by atoms with van der Waals surface area (Å²) in [5, 5.41) is 2.52. The Hall–Kier alpha value is -9.18. The van der Waals surface area contributed by atoms with Crippen LogP contribution in [0.2, 0.25) is 0 Å². The molecular formula is C67H45N3. The van der Waals surface area contributed by atoms with Gasteiger partial charge >= 0.3 is 0 Å². The molecule has 3 heteroatoms. The van der Waals surface area contributed by atoms with E-state index in [9.17, 15) is 0 Å². The number of benzene rings is 11. The van der Waals surface area contributed by atoms with E-state index in [1.807, 2.05) is 0 Å². The van der Waals surface area contributed by atoms with Crippen molar-refractivity contribution in [3.8, 4) is 39.1 Å². The number of anilines is 6. The van der Waals surface area contributed by atoms with Crippen LogP contribution >= 0.6 is 0 Å². The highest BCUT2D eigenvalue weighted by Crippen LogP contribution is 2.62. The van der Waals surface area contributed by atoms with Gasteiger partial charge in [-0.25, -0.2) is 0 Å².